The predicted octanol–water partition coefficient (Wildman–Crippen LogP) is 0.212. The van der Waals surface area contributed by atoms with Crippen LogP contribution in [0.4, 0.5) is 0 Å². The average molecular weight is 299 g/mol. The molecule has 20 heavy (non-hydrogen) atoms. The van der Waals surface area contributed by atoms with Crippen LogP contribution in [0.3, 0.4) is 0 Å². The third-order valence-corrected chi connectivity index (χ3v) is 4.26. The van der Waals surface area contributed by atoms with E-state index >= 15 is 0 Å². The van der Waals surface area contributed by atoms with Crippen molar-refractivity contribution in [3.05, 3.63) is 29.2 Å². The largest absolute Gasteiger partial charge is 0.445 e. The molecule has 0 fully saturated rings. The lowest BCUT2D eigenvalue weighted by Crippen LogP contribution is -2.25. The molecule has 2 heterocycles. The van der Waals surface area contributed by atoms with Crippen LogP contribution in [-0.4, -0.2) is 30.6 Å². The first-order chi connectivity index (χ1) is 9.44. The number of oxazole rings is 1. The summed E-state index contributed by atoms with van der Waals surface area (Å²) in [6.07, 6.45) is 1.54. The minimum atomic E-state index is -3.67. The van der Waals surface area contributed by atoms with Gasteiger partial charge in [-0.15, -0.1) is 0 Å². The number of nitrogens with one attached hydrogen (secondary N) is 3. The molecule has 9 heteroatoms. The topological polar surface area (TPSA) is 113 Å². The summed E-state index contributed by atoms with van der Waals surface area (Å²) in [5.41, 5.74) is 0.937. The van der Waals surface area contributed by atoms with Gasteiger partial charge in [-0.2, -0.15) is 5.10 Å². The van der Waals surface area contributed by atoms with E-state index in [1.165, 1.54) is 0 Å². The molecule has 0 spiro atoms. The monoisotopic (exact) mass is 299 g/mol. The molecule has 0 aliphatic carbocycles. The second-order valence-electron chi connectivity index (χ2n) is 4.34. The fourth-order valence-corrected chi connectivity index (χ4v) is 3.16. The van der Waals surface area contributed by atoms with Crippen molar-refractivity contribution in [3.63, 3.8) is 0 Å². The lowest BCUT2D eigenvalue weighted by molar-refractivity contribution is 0.463. The van der Waals surface area contributed by atoms with Gasteiger partial charge < -0.3 is 9.73 Å². The molecule has 0 aromatic carbocycles. The molecule has 0 aliphatic heterocycles. The molecular weight excluding hydrogens is 282 g/mol. The minimum absolute atomic E-state index is 0.000211. The molecule has 0 saturated carbocycles. The molecule has 0 amide bonds. The summed E-state index contributed by atoms with van der Waals surface area (Å²) in [7, 11) is -1.95. The second-order valence-corrected chi connectivity index (χ2v) is 6.05. The van der Waals surface area contributed by atoms with Gasteiger partial charge in [-0.1, -0.05) is 0 Å². The number of aryl methyl sites for hydroxylation is 2. The molecule has 0 atom stereocenters. The van der Waals surface area contributed by atoms with Crippen LogP contribution in [0.1, 0.15) is 23.0 Å². The Balaban J connectivity index is 2.20. The Bertz CT molecular complexity index is 689. The van der Waals surface area contributed by atoms with Crippen molar-refractivity contribution in [3.8, 4) is 0 Å². The van der Waals surface area contributed by atoms with Crippen molar-refractivity contribution in [2.24, 2.45) is 0 Å². The number of aromatic nitrogens is 3. The van der Waals surface area contributed by atoms with E-state index in [-0.39, 0.29) is 11.4 Å². The molecule has 0 unspecified atom stereocenters. The maximum absolute atomic E-state index is 12.3. The predicted molar refractivity (Wildman–Crippen MR) is 71.4 cm³/mol. The van der Waals surface area contributed by atoms with Crippen molar-refractivity contribution < 1.29 is 12.8 Å². The molecule has 0 radical (unpaired) electrons. The van der Waals surface area contributed by atoms with E-state index < -0.39 is 10.0 Å². The molecule has 0 saturated heterocycles. The number of hydrogen-bond donors (Lipinski definition) is 3. The van der Waals surface area contributed by atoms with Crippen LogP contribution < -0.4 is 10.0 Å². The van der Waals surface area contributed by atoms with Gasteiger partial charge in [0.1, 0.15) is 10.7 Å². The van der Waals surface area contributed by atoms with E-state index in [4.69, 9.17) is 4.42 Å². The zero-order valence-corrected chi connectivity index (χ0v) is 12.3. The average Bonchev–Trinajstić information content (AvgIpc) is 2.95. The fourth-order valence-electron chi connectivity index (χ4n) is 1.83. The molecule has 2 aromatic heterocycles. The standard InChI is InChI=1S/C11H17N5O3S/c1-7-4-13-10(19-7)6-14-20(17,18)11-8(2)15-16-9(11)5-12-3/h4,12,14H,5-6H2,1-3H3,(H,15,16). The third kappa shape index (κ3) is 3.06. The Labute approximate surface area is 117 Å². The van der Waals surface area contributed by atoms with Crippen LogP contribution in [0.25, 0.3) is 0 Å². The van der Waals surface area contributed by atoms with E-state index in [0.29, 0.717) is 29.6 Å². The van der Waals surface area contributed by atoms with Gasteiger partial charge in [0.15, 0.2) is 0 Å². The molecule has 0 aliphatic rings. The first kappa shape index (κ1) is 14.7. The molecule has 2 rings (SSSR count). The highest BCUT2D eigenvalue weighted by molar-refractivity contribution is 7.89. The van der Waals surface area contributed by atoms with E-state index in [2.05, 4.69) is 25.2 Å². The zero-order chi connectivity index (χ0) is 14.8. The lowest BCUT2D eigenvalue weighted by atomic mass is 10.4. The van der Waals surface area contributed by atoms with Crippen LogP contribution >= 0.6 is 0 Å². The first-order valence-electron chi connectivity index (χ1n) is 6.03. The number of nitrogens with zero attached hydrogens (tertiary/aromatic N) is 2. The maximum atomic E-state index is 12.3. The summed E-state index contributed by atoms with van der Waals surface area (Å²) in [6, 6.07) is 0. The van der Waals surface area contributed by atoms with Gasteiger partial charge in [0.25, 0.3) is 0 Å². The highest BCUT2D eigenvalue weighted by atomic mass is 32.2. The molecule has 110 valence electrons. The van der Waals surface area contributed by atoms with Gasteiger partial charge >= 0.3 is 0 Å². The van der Waals surface area contributed by atoms with Crippen molar-refractivity contribution in [2.75, 3.05) is 7.05 Å². The van der Waals surface area contributed by atoms with Gasteiger partial charge in [-0.25, -0.2) is 18.1 Å². The first-order valence-corrected chi connectivity index (χ1v) is 7.51. The number of rotatable bonds is 6. The Morgan fingerprint density at radius 2 is 2.10 bits per heavy atom. The quantitative estimate of drug-likeness (QED) is 0.703. The number of aromatic amines is 1. The summed E-state index contributed by atoms with van der Waals surface area (Å²) in [5, 5.41) is 9.55. The van der Waals surface area contributed by atoms with Crippen LogP contribution in [0, 0.1) is 13.8 Å². The van der Waals surface area contributed by atoms with Crippen molar-refractivity contribution >= 4 is 10.0 Å². The molecule has 8 nitrogen and oxygen atoms in total. The van der Waals surface area contributed by atoms with Crippen molar-refractivity contribution in [2.45, 2.75) is 31.8 Å². The van der Waals surface area contributed by atoms with E-state index in [1.807, 2.05) is 0 Å². The normalized spacial score (nSPS) is 11.9. The summed E-state index contributed by atoms with van der Waals surface area (Å²) < 4.78 is 32.3. The van der Waals surface area contributed by atoms with Crippen LogP contribution in [0.2, 0.25) is 0 Å². The van der Waals surface area contributed by atoms with Crippen LogP contribution in [0.5, 0.6) is 0 Å². The maximum Gasteiger partial charge on any atom is 0.244 e. The molecule has 0 bridgehead atoms. The van der Waals surface area contributed by atoms with Crippen molar-refractivity contribution in [1.82, 2.24) is 25.2 Å². The van der Waals surface area contributed by atoms with Crippen LogP contribution in [0.15, 0.2) is 15.5 Å². The van der Waals surface area contributed by atoms with Gasteiger partial charge in [0.2, 0.25) is 15.9 Å². The highest BCUT2D eigenvalue weighted by Crippen LogP contribution is 2.17. The van der Waals surface area contributed by atoms with Crippen LogP contribution in [-0.2, 0) is 23.1 Å². The Kier molecular flexibility index (Phi) is 4.21. The fraction of sp³-hybridized carbons (Fsp3) is 0.455. The Morgan fingerprint density at radius 1 is 1.35 bits per heavy atom. The van der Waals surface area contributed by atoms with E-state index in [9.17, 15) is 8.42 Å². The zero-order valence-electron chi connectivity index (χ0n) is 11.5. The van der Waals surface area contributed by atoms with E-state index in [0.717, 1.165) is 0 Å². The summed E-state index contributed by atoms with van der Waals surface area (Å²) in [4.78, 5) is 4.11. The summed E-state index contributed by atoms with van der Waals surface area (Å²) in [5.74, 6) is 0.956. The SMILES string of the molecule is CNCc1n[nH]c(C)c1S(=O)(=O)NCc1ncc(C)o1. The highest BCUT2D eigenvalue weighted by Gasteiger charge is 2.24. The lowest BCUT2D eigenvalue weighted by Gasteiger charge is -2.06. The smallest absolute Gasteiger partial charge is 0.244 e. The summed E-state index contributed by atoms with van der Waals surface area (Å²) in [6.45, 7) is 3.77. The van der Waals surface area contributed by atoms with Gasteiger partial charge in [-0.05, 0) is 20.9 Å². The minimum Gasteiger partial charge on any atom is -0.445 e. The number of H-pyrrole nitrogens is 1. The number of hydrogen-bond acceptors (Lipinski definition) is 6. The Hall–Kier alpha value is -1.71. The third-order valence-electron chi connectivity index (χ3n) is 2.66. The van der Waals surface area contributed by atoms with E-state index in [1.54, 1.807) is 27.1 Å². The summed E-state index contributed by atoms with van der Waals surface area (Å²) >= 11 is 0. The van der Waals surface area contributed by atoms with Gasteiger partial charge in [0.05, 0.1) is 24.1 Å². The van der Waals surface area contributed by atoms with Crippen molar-refractivity contribution in [1.29, 1.82) is 0 Å². The molecular formula is C11H17N5O3S. The second kappa shape index (κ2) is 5.73. The molecule has 3 N–H and O–H groups in total. The number of sulfonamides is 1. The Morgan fingerprint density at radius 3 is 2.70 bits per heavy atom. The van der Waals surface area contributed by atoms with Gasteiger partial charge in [0, 0.05) is 6.54 Å². The molecule has 2 aromatic rings. The van der Waals surface area contributed by atoms with Gasteiger partial charge in [-0.3, -0.25) is 5.10 Å².